The summed E-state index contributed by atoms with van der Waals surface area (Å²) in [4.78, 5) is 12.3. The van der Waals surface area contributed by atoms with Gasteiger partial charge in [0.15, 0.2) is 0 Å². The van der Waals surface area contributed by atoms with Crippen molar-refractivity contribution in [3.63, 3.8) is 0 Å². The Labute approximate surface area is 108 Å². The van der Waals surface area contributed by atoms with Crippen molar-refractivity contribution in [2.45, 2.75) is 37.2 Å². The van der Waals surface area contributed by atoms with Crippen molar-refractivity contribution in [3.05, 3.63) is 28.2 Å². The van der Waals surface area contributed by atoms with E-state index in [0.29, 0.717) is 12.8 Å². The zero-order valence-electron chi connectivity index (χ0n) is 9.37. The van der Waals surface area contributed by atoms with E-state index in [1.54, 1.807) is 0 Å². The maximum Gasteiger partial charge on any atom is 0.235 e. The van der Waals surface area contributed by atoms with Crippen LogP contribution in [0, 0.1) is 0 Å². The first-order chi connectivity index (χ1) is 8.13. The third-order valence-corrected chi connectivity index (χ3v) is 4.64. The molecular formula is C13H14BrNO2. The number of anilines is 1. The lowest BCUT2D eigenvalue weighted by atomic mass is 9.69. The highest BCUT2D eigenvalue weighted by Crippen LogP contribution is 2.50. The number of carbonyl (C=O) groups excluding carboxylic acids is 1. The van der Waals surface area contributed by atoms with E-state index in [4.69, 9.17) is 0 Å². The van der Waals surface area contributed by atoms with Crippen LogP contribution in [0.5, 0.6) is 0 Å². The monoisotopic (exact) mass is 295 g/mol. The van der Waals surface area contributed by atoms with E-state index in [-0.39, 0.29) is 12.0 Å². The Bertz CT molecular complexity index is 478. The van der Waals surface area contributed by atoms with Crippen molar-refractivity contribution in [2.75, 3.05) is 5.32 Å². The number of benzene rings is 1. The van der Waals surface area contributed by atoms with Crippen molar-refractivity contribution in [3.8, 4) is 0 Å². The molecule has 0 saturated heterocycles. The Morgan fingerprint density at radius 2 is 2.06 bits per heavy atom. The number of fused-ring (bicyclic) bond motifs is 2. The van der Waals surface area contributed by atoms with Gasteiger partial charge in [-0.05, 0) is 37.8 Å². The average Bonchev–Trinajstić information content (AvgIpc) is 2.58. The number of rotatable bonds is 0. The molecule has 1 aliphatic heterocycles. The number of nitrogens with one attached hydrogen (secondary N) is 1. The molecule has 1 spiro atoms. The number of aliphatic hydroxyl groups excluding tert-OH is 1. The van der Waals surface area contributed by atoms with Gasteiger partial charge < -0.3 is 10.4 Å². The largest absolute Gasteiger partial charge is 0.393 e. The smallest absolute Gasteiger partial charge is 0.235 e. The second-order valence-electron chi connectivity index (χ2n) is 4.93. The molecule has 3 nitrogen and oxygen atoms in total. The molecular weight excluding hydrogens is 282 g/mol. The molecule has 0 aromatic heterocycles. The van der Waals surface area contributed by atoms with Gasteiger partial charge in [0.1, 0.15) is 0 Å². The van der Waals surface area contributed by atoms with Crippen LogP contribution in [0.15, 0.2) is 22.7 Å². The molecule has 1 amide bonds. The van der Waals surface area contributed by atoms with Gasteiger partial charge in [0.25, 0.3) is 0 Å². The molecule has 0 radical (unpaired) electrons. The van der Waals surface area contributed by atoms with Crippen LogP contribution >= 0.6 is 15.9 Å². The van der Waals surface area contributed by atoms with Crippen LogP contribution in [-0.2, 0) is 10.2 Å². The van der Waals surface area contributed by atoms with E-state index >= 15 is 0 Å². The fraction of sp³-hybridized carbons (Fsp3) is 0.462. The number of amides is 1. The first-order valence-corrected chi connectivity index (χ1v) is 6.71. The second kappa shape index (κ2) is 3.82. The minimum absolute atomic E-state index is 0.0892. The highest BCUT2D eigenvalue weighted by atomic mass is 79.9. The summed E-state index contributed by atoms with van der Waals surface area (Å²) in [6.45, 7) is 0. The molecule has 1 aromatic carbocycles. The molecule has 2 N–H and O–H groups in total. The number of carbonyl (C=O) groups is 1. The Hall–Kier alpha value is -0.870. The minimum atomic E-state index is -0.422. The van der Waals surface area contributed by atoms with Gasteiger partial charge in [-0.3, -0.25) is 4.79 Å². The summed E-state index contributed by atoms with van der Waals surface area (Å²) in [5, 5.41) is 12.6. The van der Waals surface area contributed by atoms with E-state index in [2.05, 4.69) is 21.2 Å². The van der Waals surface area contributed by atoms with E-state index in [0.717, 1.165) is 28.6 Å². The SMILES string of the molecule is O=C1Nc2cccc(Br)c2C12CCC(O)CC2. The molecule has 0 bridgehead atoms. The molecule has 1 heterocycles. The number of hydrogen-bond donors (Lipinski definition) is 2. The van der Waals surface area contributed by atoms with Gasteiger partial charge in [-0.1, -0.05) is 22.0 Å². The summed E-state index contributed by atoms with van der Waals surface area (Å²) < 4.78 is 0.990. The predicted molar refractivity (Wildman–Crippen MR) is 68.9 cm³/mol. The first-order valence-electron chi connectivity index (χ1n) is 5.92. The Morgan fingerprint density at radius 1 is 1.35 bits per heavy atom. The third kappa shape index (κ3) is 1.54. The van der Waals surface area contributed by atoms with E-state index in [9.17, 15) is 9.90 Å². The van der Waals surface area contributed by atoms with Crippen LogP contribution in [0.1, 0.15) is 31.2 Å². The second-order valence-corrected chi connectivity index (χ2v) is 5.78. The fourth-order valence-corrected chi connectivity index (χ4v) is 3.79. The van der Waals surface area contributed by atoms with Crippen LogP contribution in [-0.4, -0.2) is 17.1 Å². The normalized spacial score (nSPS) is 31.4. The number of halogens is 1. The lowest BCUT2D eigenvalue weighted by Gasteiger charge is -2.34. The van der Waals surface area contributed by atoms with Crippen molar-refractivity contribution in [1.82, 2.24) is 0 Å². The molecule has 1 aliphatic carbocycles. The van der Waals surface area contributed by atoms with Gasteiger partial charge in [-0.25, -0.2) is 0 Å². The number of hydrogen-bond acceptors (Lipinski definition) is 2. The summed E-state index contributed by atoms with van der Waals surface area (Å²) in [5.74, 6) is 0.0892. The zero-order valence-corrected chi connectivity index (χ0v) is 11.0. The summed E-state index contributed by atoms with van der Waals surface area (Å²) in [7, 11) is 0. The molecule has 0 atom stereocenters. The van der Waals surface area contributed by atoms with Crippen molar-refractivity contribution in [2.24, 2.45) is 0 Å². The highest BCUT2D eigenvalue weighted by Gasteiger charge is 2.49. The van der Waals surface area contributed by atoms with E-state index in [1.165, 1.54) is 0 Å². The van der Waals surface area contributed by atoms with Gasteiger partial charge >= 0.3 is 0 Å². The van der Waals surface area contributed by atoms with Crippen molar-refractivity contribution >= 4 is 27.5 Å². The maximum atomic E-state index is 12.3. The van der Waals surface area contributed by atoms with Gasteiger partial charge in [-0.15, -0.1) is 0 Å². The molecule has 1 fully saturated rings. The summed E-state index contributed by atoms with van der Waals surface area (Å²) >= 11 is 3.55. The lowest BCUT2D eigenvalue weighted by Crippen LogP contribution is -2.39. The molecule has 1 saturated carbocycles. The zero-order chi connectivity index (χ0) is 12.0. The fourth-order valence-electron chi connectivity index (χ4n) is 3.04. The van der Waals surface area contributed by atoms with E-state index in [1.807, 2.05) is 18.2 Å². The van der Waals surface area contributed by atoms with Gasteiger partial charge in [0.05, 0.1) is 11.5 Å². The molecule has 4 heteroatoms. The average molecular weight is 296 g/mol. The lowest BCUT2D eigenvalue weighted by molar-refractivity contribution is -0.122. The Balaban J connectivity index is 2.10. The molecule has 2 aliphatic rings. The predicted octanol–water partition coefficient (Wildman–Crippen LogP) is 2.57. The topological polar surface area (TPSA) is 49.3 Å². The van der Waals surface area contributed by atoms with Crippen LogP contribution in [0.2, 0.25) is 0 Å². The van der Waals surface area contributed by atoms with Crippen molar-refractivity contribution < 1.29 is 9.90 Å². The van der Waals surface area contributed by atoms with Crippen LogP contribution in [0.3, 0.4) is 0 Å². The summed E-state index contributed by atoms with van der Waals surface area (Å²) in [5.41, 5.74) is 1.58. The Kier molecular flexibility index (Phi) is 2.52. The van der Waals surface area contributed by atoms with Gasteiger partial charge in [0.2, 0.25) is 5.91 Å². The number of aliphatic hydroxyl groups is 1. The Morgan fingerprint density at radius 3 is 2.76 bits per heavy atom. The quantitative estimate of drug-likeness (QED) is 0.773. The molecule has 17 heavy (non-hydrogen) atoms. The summed E-state index contributed by atoms with van der Waals surface area (Å²) in [6, 6.07) is 5.85. The molecule has 3 rings (SSSR count). The van der Waals surface area contributed by atoms with Crippen molar-refractivity contribution in [1.29, 1.82) is 0 Å². The van der Waals surface area contributed by atoms with Crippen LogP contribution in [0.25, 0.3) is 0 Å². The maximum absolute atomic E-state index is 12.3. The first kappa shape index (κ1) is 11.2. The standard InChI is InChI=1S/C13H14BrNO2/c14-9-2-1-3-10-11(9)13(12(17)15-10)6-4-8(16)5-7-13/h1-3,8,16H,4-7H2,(H,15,17). The third-order valence-electron chi connectivity index (χ3n) is 3.98. The van der Waals surface area contributed by atoms with Crippen LogP contribution < -0.4 is 5.32 Å². The van der Waals surface area contributed by atoms with Gasteiger partial charge in [-0.2, -0.15) is 0 Å². The minimum Gasteiger partial charge on any atom is -0.393 e. The van der Waals surface area contributed by atoms with Crippen LogP contribution in [0.4, 0.5) is 5.69 Å². The molecule has 90 valence electrons. The molecule has 1 aromatic rings. The summed E-state index contributed by atoms with van der Waals surface area (Å²) in [6.07, 6.45) is 2.62. The van der Waals surface area contributed by atoms with Gasteiger partial charge in [0, 0.05) is 15.7 Å². The molecule has 0 unspecified atom stereocenters. The van der Waals surface area contributed by atoms with E-state index < -0.39 is 5.41 Å². The highest BCUT2D eigenvalue weighted by molar-refractivity contribution is 9.10.